The number of carbonyl (C=O) groups excluding carboxylic acids is 1. The first-order chi connectivity index (χ1) is 14.1. The van der Waals surface area contributed by atoms with Gasteiger partial charge in [0, 0.05) is 5.56 Å². The third kappa shape index (κ3) is 4.18. The van der Waals surface area contributed by atoms with Gasteiger partial charge in [0.15, 0.2) is 11.5 Å². The molecule has 0 bridgehead atoms. The molecule has 4 rings (SSSR count). The van der Waals surface area contributed by atoms with Crippen LogP contribution in [-0.4, -0.2) is 35.9 Å². The molecule has 1 aromatic heterocycles. The van der Waals surface area contributed by atoms with E-state index in [2.05, 4.69) is 15.5 Å². The topological polar surface area (TPSA) is 85.5 Å². The SMILES string of the molecule is CCOc1ccc(-c2cc(C(=O)NC(C)c3ccc4c(c3)OCCO4)[nH]n2)cc1. The minimum absolute atomic E-state index is 0.199. The highest BCUT2D eigenvalue weighted by molar-refractivity contribution is 5.93. The highest BCUT2D eigenvalue weighted by Gasteiger charge is 2.18. The van der Waals surface area contributed by atoms with Gasteiger partial charge < -0.3 is 19.5 Å². The molecule has 2 aromatic carbocycles. The molecule has 29 heavy (non-hydrogen) atoms. The molecule has 0 aliphatic carbocycles. The minimum Gasteiger partial charge on any atom is -0.494 e. The van der Waals surface area contributed by atoms with Crippen LogP contribution in [0, 0.1) is 0 Å². The van der Waals surface area contributed by atoms with Gasteiger partial charge in [0.25, 0.3) is 5.91 Å². The summed E-state index contributed by atoms with van der Waals surface area (Å²) in [5, 5.41) is 10.1. The number of H-pyrrole nitrogens is 1. The van der Waals surface area contributed by atoms with Gasteiger partial charge in [-0.2, -0.15) is 5.10 Å². The first-order valence-electron chi connectivity index (χ1n) is 9.63. The van der Waals surface area contributed by atoms with Crippen molar-refractivity contribution >= 4 is 5.91 Å². The quantitative estimate of drug-likeness (QED) is 0.666. The normalized spacial score (nSPS) is 13.6. The largest absolute Gasteiger partial charge is 0.494 e. The van der Waals surface area contributed by atoms with E-state index < -0.39 is 0 Å². The smallest absolute Gasteiger partial charge is 0.269 e. The maximum atomic E-state index is 12.6. The molecule has 0 spiro atoms. The number of amides is 1. The van der Waals surface area contributed by atoms with Crippen molar-refractivity contribution in [3.05, 3.63) is 59.8 Å². The lowest BCUT2D eigenvalue weighted by Crippen LogP contribution is -2.27. The van der Waals surface area contributed by atoms with E-state index in [9.17, 15) is 4.79 Å². The zero-order valence-electron chi connectivity index (χ0n) is 16.4. The van der Waals surface area contributed by atoms with Crippen LogP contribution in [0.5, 0.6) is 17.2 Å². The van der Waals surface area contributed by atoms with Gasteiger partial charge in [-0.1, -0.05) is 6.07 Å². The molecule has 1 unspecified atom stereocenters. The molecule has 0 fully saturated rings. The highest BCUT2D eigenvalue weighted by atomic mass is 16.6. The number of nitrogens with zero attached hydrogens (tertiary/aromatic N) is 1. The fraction of sp³-hybridized carbons (Fsp3) is 0.273. The summed E-state index contributed by atoms with van der Waals surface area (Å²) in [5.74, 6) is 2.01. The Balaban J connectivity index is 1.43. The number of hydrogen-bond acceptors (Lipinski definition) is 5. The molecular formula is C22H23N3O4. The van der Waals surface area contributed by atoms with Crippen LogP contribution >= 0.6 is 0 Å². The third-order valence-corrected chi connectivity index (χ3v) is 4.70. The molecule has 0 saturated heterocycles. The van der Waals surface area contributed by atoms with Gasteiger partial charge in [0.1, 0.15) is 24.7 Å². The predicted octanol–water partition coefficient (Wildman–Crippen LogP) is 3.74. The molecule has 2 N–H and O–H groups in total. The molecule has 7 heteroatoms. The lowest BCUT2D eigenvalue weighted by molar-refractivity contribution is 0.0934. The van der Waals surface area contributed by atoms with E-state index in [4.69, 9.17) is 14.2 Å². The second kappa shape index (κ2) is 8.26. The van der Waals surface area contributed by atoms with Crippen molar-refractivity contribution in [1.29, 1.82) is 0 Å². The van der Waals surface area contributed by atoms with E-state index in [0.717, 1.165) is 22.6 Å². The summed E-state index contributed by atoms with van der Waals surface area (Å²) in [5.41, 5.74) is 2.95. The highest BCUT2D eigenvalue weighted by Crippen LogP contribution is 2.32. The standard InChI is InChI=1S/C22H23N3O4/c1-3-27-17-7-4-15(5-8-17)18-13-19(25-24-18)22(26)23-14(2)16-6-9-20-21(12-16)29-11-10-28-20/h4-9,12-14H,3,10-11H2,1-2H3,(H,23,26)(H,24,25). The van der Waals surface area contributed by atoms with Crippen molar-refractivity contribution in [1.82, 2.24) is 15.5 Å². The fourth-order valence-corrected chi connectivity index (χ4v) is 3.16. The molecule has 1 aliphatic heterocycles. The maximum Gasteiger partial charge on any atom is 0.269 e. The Morgan fingerprint density at radius 1 is 1.14 bits per heavy atom. The summed E-state index contributed by atoms with van der Waals surface area (Å²) >= 11 is 0. The average Bonchev–Trinajstić information content (AvgIpc) is 3.24. The number of aromatic amines is 1. The number of carbonyl (C=O) groups is 1. The van der Waals surface area contributed by atoms with E-state index in [0.29, 0.717) is 37.0 Å². The molecule has 7 nitrogen and oxygen atoms in total. The second-order valence-electron chi connectivity index (χ2n) is 6.72. The Morgan fingerprint density at radius 2 is 1.90 bits per heavy atom. The maximum absolute atomic E-state index is 12.6. The van der Waals surface area contributed by atoms with Crippen LogP contribution in [0.15, 0.2) is 48.5 Å². The predicted molar refractivity (Wildman–Crippen MR) is 109 cm³/mol. The Labute approximate surface area is 169 Å². The number of fused-ring (bicyclic) bond motifs is 1. The van der Waals surface area contributed by atoms with E-state index >= 15 is 0 Å². The Kier molecular flexibility index (Phi) is 5.37. The lowest BCUT2D eigenvalue weighted by Gasteiger charge is -2.21. The van der Waals surface area contributed by atoms with Crippen LogP contribution in [0.3, 0.4) is 0 Å². The number of ether oxygens (including phenoxy) is 3. The number of nitrogens with one attached hydrogen (secondary N) is 2. The minimum atomic E-state index is -0.225. The summed E-state index contributed by atoms with van der Waals surface area (Å²) in [6.45, 7) is 5.56. The van der Waals surface area contributed by atoms with Crippen molar-refractivity contribution in [2.24, 2.45) is 0 Å². The first-order valence-corrected chi connectivity index (χ1v) is 9.63. The summed E-state index contributed by atoms with van der Waals surface area (Å²) in [6, 6.07) is 14.8. The van der Waals surface area contributed by atoms with Crippen molar-refractivity contribution in [3.8, 4) is 28.5 Å². The van der Waals surface area contributed by atoms with Crippen LogP contribution in [-0.2, 0) is 0 Å². The van der Waals surface area contributed by atoms with Gasteiger partial charge >= 0.3 is 0 Å². The van der Waals surface area contributed by atoms with Crippen LogP contribution in [0.1, 0.15) is 35.9 Å². The van der Waals surface area contributed by atoms with Gasteiger partial charge in [-0.15, -0.1) is 0 Å². The molecule has 1 aliphatic rings. The Morgan fingerprint density at radius 3 is 2.66 bits per heavy atom. The van der Waals surface area contributed by atoms with Crippen LogP contribution in [0.25, 0.3) is 11.3 Å². The summed E-state index contributed by atoms with van der Waals surface area (Å²) in [7, 11) is 0. The Bertz CT molecular complexity index is 998. The summed E-state index contributed by atoms with van der Waals surface area (Å²) in [6.07, 6.45) is 0. The first kappa shape index (κ1) is 18.9. The van der Waals surface area contributed by atoms with Crippen LogP contribution in [0.4, 0.5) is 0 Å². The van der Waals surface area contributed by atoms with Gasteiger partial charge in [0.2, 0.25) is 0 Å². The zero-order valence-corrected chi connectivity index (χ0v) is 16.4. The zero-order chi connectivity index (χ0) is 20.2. The third-order valence-electron chi connectivity index (χ3n) is 4.70. The van der Waals surface area contributed by atoms with E-state index in [1.54, 1.807) is 6.07 Å². The fourth-order valence-electron chi connectivity index (χ4n) is 3.16. The number of rotatable bonds is 6. The summed E-state index contributed by atoms with van der Waals surface area (Å²) < 4.78 is 16.6. The van der Waals surface area contributed by atoms with Crippen LogP contribution in [0.2, 0.25) is 0 Å². The molecule has 3 aromatic rings. The van der Waals surface area contributed by atoms with Crippen molar-refractivity contribution in [2.45, 2.75) is 19.9 Å². The molecule has 1 atom stereocenters. The number of aromatic nitrogens is 2. The number of hydrogen-bond donors (Lipinski definition) is 2. The molecule has 0 saturated carbocycles. The van der Waals surface area contributed by atoms with Crippen molar-refractivity contribution < 1.29 is 19.0 Å². The van der Waals surface area contributed by atoms with Gasteiger partial charge in [-0.3, -0.25) is 9.89 Å². The van der Waals surface area contributed by atoms with Gasteiger partial charge in [0.05, 0.1) is 18.3 Å². The van der Waals surface area contributed by atoms with Crippen molar-refractivity contribution in [2.75, 3.05) is 19.8 Å². The molecule has 0 radical (unpaired) electrons. The van der Waals surface area contributed by atoms with Crippen molar-refractivity contribution in [3.63, 3.8) is 0 Å². The summed E-state index contributed by atoms with van der Waals surface area (Å²) in [4.78, 5) is 12.6. The van der Waals surface area contributed by atoms with Gasteiger partial charge in [-0.25, -0.2) is 0 Å². The van der Waals surface area contributed by atoms with E-state index in [1.807, 2.05) is 56.3 Å². The number of benzene rings is 2. The molecular weight excluding hydrogens is 370 g/mol. The molecule has 1 amide bonds. The Hall–Kier alpha value is -3.48. The monoisotopic (exact) mass is 393 g/mol. The van der Waals surface area contributed by atoms with E-state index in [-0.39, 0.29) is 11.9 Å². The lowest BCUT2D eigenvalue weighted by atomic mass is 10.1. The second-order valence-corrected chi connectivity index (χ2v) is 6.72. The molecule has 150 valence electrons. The van der Waals surface area contributed by atoms with Gasteiger partial charge in [-0.05, 0) is 61.9 Å². The average molecular weight is 393 g/mol. The molecule has 2 heterocycles. The van der Waals surface area contributed by atoms with Crippen LogP contribution < -0.4 is 19.5 Å². The van der Waals surface area contributed by atoms with E-state index in [1.165, 1.54) is 0 Å².